The molecule has 0 amide bonds. The fourth-order valence-corrected chi connectivity index (χ4v) is 2.20. The van der Waals surface area contributed by atoms with E-state index in [2.05, 4.69) is 40.7 Å². The fourth-order valence-electron chi connectivity index (χ4n) is 2.20. The van der Waals surface area contributed by atoms with Gasteiger partial charge in [-0.1, -0.05) is 39.3 Å². The summed E-state index contributed by atoms with van der Waals surface area (Å²) in [7, 11) is 0. The lowest BCUT2D eigenvalue weighted by Crippen LogP contribution is -2.25. The van der Waals surface area contributed by atoms with Gasteiger partial charge in [-0.25, -0.2) is 0 Å². The van der Waals surface area contributed by atoms with E-state index in [1.807, 2.05) is 0 Å². The van der Waals surface area contributed by atoms with Crippen molar-refractivity contribution < 1.29 is 0 Å². The summed E-state index contributed by atoms with van der Waals surface area (Å²) in [6, 6.07) is 0. The van der Waals surface area contributed by atoms with Crippen molar-refractivity contribution >= 4 is 0 Å². The van der Waals surface area contributed by atoms with Crippen LogP contribution in [-0.4, -0.2) is 0 Å². The minimum atomic E-state index is 0.490. The summed E-state index contributed by atoms with van der Waals surface area (Å²) in [6.07, 6.45) is 5.12. The summed E-state index contributed by atoms with van der Waals surface area (Å²) < 4.78 is 0. The molecule has 70 valence electrons. The maximum atomic E-state index is 2.43. The molecule has 0 fully saturated rings. The van der Waals surface area contributed by atoms with Crippen molar-refractivity contribution in [3.8, 4) is 0 Å². The van der Waals surface area contributed by atoms with Gasteiger partial charge in [-0.15, -0.1) is 0 Å². The minimum Gasteiger partial charge on any atom is -0.0827 e. The van der Waals surface area contributed by atoms with E-state index in [9.17, 15) is 0 Å². The van der Waals surface area contributed by atoms with Crippen LogP contribution in [0.15, 0.2) is 11.6 Å². The van der Waals surface area contributed by atoms with Crippen LogP contribution in [0, 0.1) is 17.3 Å². The Bertz CT molecular complexity index is 181. The largest absolute Gasteiger partial charge is 0.0827 e. The van der Waals surface area contributed by atoms with Crippen molar-refractivity contribution in [2.24, 2.45) is 17.3 Å². The zero-order valence-electron chi connectivity index (χ0n) is 9.15. The van der Waals surface area contributed by atoms with Crippen LogP contribution in [0.3, 0.4) is 0 Å². The average Bonchev–Trinajstić information content (AvgIpc) is 1.82. The molecule has 0 heteroatoms. The highest BCUT2D eigenvalue weighted by Crippen LogP contribution is 2.39. The molecule has 0 aromatic rings. The predicted octanol–water partition coefficient (Wildman–Crippen LogP) is 4.02. The highest BCUT2D eigenvalue weighted by Gasteiger charge is 2.28. The minimum absolute atomic E-state index is 0.490. The Morgan fingerprint density at radius 1 is 1.33 bits per heavy atom. The number of allylic oxidation sites excluding steroid dienone is 2. The zero-order valence-corrected chi connectivity index (χ0v) is 9.15. The second-order valence-corrected chi connectivity index (χ2v) is 5.49. The number of hydrogen-bond acceptors (Lipinski definition) is 0. The Morgan fingerprint density at radius 3 is 2.33 bits per heavy atom. The van der Waals surface area contributed by atoms with Gasteiger partial charge in [-0.05, 0) is 37.0 Å². The lowest BCUT2D eigenvalue weighted by Gasteiger charge is -2.35. The van der Waals surface area contributed by atoms with E-state index in [-0.39, 0.29) is 0 Å². The molecule has 0 saturated heterocycles. The molecule has 0 aromatic carbocycles. The first-order valence-corrected chi connectivity index (χ1v) is 5.07. The molecule has 0 nitrogen and oxygen atoms in total. The van der Waals surface area contributed by atoms with Gasteiger partial charge in [0.15, 0.2) is 0 Å². The highest BCUT2D eigenvalue weighted by atomic mass is 14.3. The summed E-state index contributed by atoms with van der Waals surface area (Å²) >= 11 is 0. The zero-order chi connectivity index (χ0) is 9.35. The molecule has 1 rings (SSSR count). The third kappa shape index (κ3) is 2.36. The van der Waals surface area contributed by atoms with Crippen LogP contribution >= 0.6 is 0 Å². The molecular weight excluding hydrogens is 144 g/mol. The van der Waals surface area contributed by atoms with Gasteiger partial charge in [0.25, 0.3) is 0 Å². The van der Waals surface area contributed by atoms with Gasteiger partial charge >= 0.3 is 0 Å². The second-order valence-electron chi connectivity index (χ2n) is 5.49. The average molecular weight is 166 g/mol. The Morgan fingerprint density at radius 2 is 1.92 bits per heavy atom. The van der Waals surface area contributed by atoms with Gasteiger partial charge in [0.05, 0.1) is 0 Å². The van der Waals surface area contributed by atoms with Crippen molar-refractivity contribution in [3.63, 3.8) is 0 Å². The summed E-state index contributed by atoms with van der Waals surface area (Å²) in [6.45, 7) is 11.7. The first-order valence-electron chi connectivity index (χ1n) is 5.07. The molecule has 0 spiro atoms. The van der Waals surface area contributed by atoms with Gasteiger partial charge in [0, 0.05) is 0 Å². The highest BCUT2D eigenvalue weighted by molar-refractivity contribution is 5.07. The van der Waals surface area contributed by atoms with E-state index < -0.39 is 0 Å². The van der Waals surface area contributed by atoms with Crippen molar-refractivity contribution in [2.75, 3.05) is 0 Å². The predicted molar refractivity (Wildman–Crippen MR) is 55.1 cm³/mol. The molecule has 0 unspecified atom stereocenters. The maximum absolute atomic E-state index is 2.43. The molecule has 0 N–H and O–H groups in total. The van der Waals surface area contributed by atoms with Crippen LogP contribution in [0.25, 0.3) is 0 Å². The smallest absolute Gasteiger partial charge is 0.0256 e. The molecule has 1 aliphatic carbocycles. The third-order valence-electron chi connectivity index (χ3n) is 3.02. The van der Waals surface area contributed by atoms with Gasteiger partial charge in [-0.3, -0.25) is 0 Å². The van der Waals surface area contributed by atoms with Crippen molar-refractivity contribution in [1.29, 1.82) is 0 Å². The first-order chi connectivity index (χ1) is 5.39. The SMILES string of the molecule is CC1=C[C@@H](C)C[C@H](C(C)(C)C)C1. The molecule has 0 bridgehead atoms. The quantitative estimate of drug-likeness (QED) is 0.477. The molecular formula is C12H22. The lowest BCUT2D eigenvalue weighted by molar-refractivity contribution is 0.199. The van der Waals surface area contributed by atoms with E-state index in [1.54, 1.807) is 5.57 Å². The second kappa shape index (κ2) is 3.24. The third-order valence-corrected chi connectivity index (χ3v) is 3.02. The van der Waals surface area contributed by atoms with Gasteiger partial charge < -0.3 is 0 Å². The van der Waals surface area contributed by atoms with Crippen LogP contribution in [0.2, 0.25) is 0 Å². The van der Waals surface area contributed by atoms with Crippen LogP contribution in [-0.2, 0) is 0 Å². The molecule has 0 radical (unpaired) electrons. The molecule has 1 aliphatic rings. The summed E-state index contributed by atoms with van der Waals surface area (Å²) in [4.78, 5) is 0. The Labute approximate surface area is 77.1 Å². The van der Waals surface area contributed by atoms with Crippen LogP contribution in [0.5, 0.6) is 0 Å². The van der Waals surface area contributed by atoms with Gasteiger partial charge in [0.2, 0.25) is 0 Å². The molecule has 0 aliphatic heterocycles. The van der Waals surface area contributed by atoms with Crippen LogP contribution < -0.4 is 0 Å². The van der Waals surface area contributed by atoms with Crippen molar-refractivity contribution in [1.82, 2.24) is 0 Å². The van der Waals surface area contributed by atoms with E-state index in [0.717, 1.165) is 11.8 Å². The Kier molecular flexibility index (Phi) is 2.65. The summed E-state index contributed by atoms with van der Waals surface area (Å²) in [5.41, 5.74) is 2.08. The number of rotatable bonds is 0. The molecule has 2 atom stereocenters. The summed E-state index contributed by atoms with van der Waals surface area (Å²) in [5, 5.41) is 0. The van der Waals surface area contributed by atoms with Gasteiger partial charge in [0.1, 0.15) is 0 Å². The topological polar surface area (TPSA) is 0 Å². The standard InChI is InChI=1S/C12H22/c1-9-6-10(2)8-11(7-9)12(3,4)5/h6,9,11H,7-8H2,1-5H3/t9-,11+/m1/s1. The maximum Gasteiger partial charge on any atom is -0.0256 e. The van der Waals surface area contributed by atoms with Crippen LogP contribution in [0.4, 0.5) is 0 Å². The van der Waals surface area contributed by atoms with E-state index >= 15 is 0 Å². The lowest BCUT2D eigenvalue weighted by atomic mass is 9.70. The van der Waals surface area contributed by atoms with E-state index in [1.165, 1.54) is 12.8 Å². The van der Waals surface area contributed by atoms with Crippen molar-refractivity contribution in [3.05, 3.63) is 11.6 Å². The monoisotopic (exact) mass is 166 g/mol. The molecule has 0 saturated carbocycles. The molecule has 0 aromatic heterocycles. The van der Waals surface area contributed by atoms with E-state index in [0.29, 0.717) is 5.41 Å². The Hall–Kier alpha value is -0.260. The van der Waals surface area contributed by atoms with Gasteiger partial charge in [-0.2, -0.15) is 0 Å². The van der Waals surface area contributed by atoms with Crippen molar-refractivity contribution in [2.45, 2.75) is 47.5 Å². The molecule has 12 heavy (non-hydrogen) atoms. The number of hydrogen-bond donors (Lipinski definition) is 0. The fraction of sp³-hybridized carbons (Fsp3) is 0.833. The van der Waals surface area contributed by atoms with E-state index in [4.69, 9.17) is 0 Å². The Balaban J connectivity index is 2.68. The first kappa shape index (κ1) is 9.83. The normalized spacial score (nSPS) is 31.6. The molecule has 0 heterocycles. The van der Waals surface area contributed by atoms with Crippen LogP contribution in [0.1, 0.15) is 47.5 Å². The summed E-state index contributed by atoms with van der Waals surface area (Å²) in [5.74, 6) is 1.68.